The average molecular weight is 391 g/mol. The molecule has 4 rings (SSSR count). The Hall–Kier alpha value is -2.90. The minimum atomic E-state index is -3.02. The predicted molar refractivity (Wildman–Crippen MR) is 104 cm³/mol. The van der Waals surface area contributed by atoms with Gasteiger partial charge in [0.1, 0.15) is 11.2 Å². The van der Waals surface area contributed by atoms with Gasteiger partial charge in [0, 0.05) is 22.9 Å². The summed E-state index contributed by atoms with van der Waals surface area (Å²) in [6.07, 6.45) is 2.69. The second kappa shape index (κ2) is 6.37. The van der Waals surface area contributed by atoms with Crippen LogP contribution in [-0.4, -0.2) is 40.8 Å². The molecule has 27 heavy (non-hydrogen) atoms. The van der Waals surface area contributed by atoms with E-state index in [1.807, 2.05) is 0 Å². The van der Waals surface area contributed by atoms with Gasteiger partial charge < -0.3 is 20.4 Å². The molecule has 138 valence electrons. The van der Waals surface area contributed by atoms with Crippen molar-refractivity contribution < 1.29 is 22.6 Å². The zero-order valence-electron chi connectivity index (χ0n) is 19.7. The lowest BCUT2D eigenvalue weighted by Crippen LogP contribution is -2.53. The first kappa shape index (κ1) is 11.7. The molecule has 0 saturated heterocycles. The molecule has 0 unspecified atom stereocenters. The summed E-state index contributed by atoms with van der Waals surface area (Å²) in [6, 6.07) is 6.41. The molecule has 0 saturated carbocycles. The van der Waals surface area contributed by atoms with Crippen LogP contribution in [0.3, 0.4) is 0 Å². The summed E-state index contributed by atoms with van der Waals surface area (Å²) in [6.45, 7) is -3.99. The first-order valence-electron chi connectivity index (χ1n) is 10.9. The van der Waals surface area contributed by atoms with Crippen molar-refractivity contribution in [1.29, 1.82) is 0 Å². The summed E-state index contributed by atoms with van der Waals surface area (Å²) in [4.78, 5) is 33.2. The summed E-state index contributed by atoms with van der Waals surface area (Å²) < 4.78 is 50.4. The number of aromatic nitrogens is 2. The standard InChI is InChI=1S/C19H17ClN4O3/c1-19(9-27-2)18(26)23-13-8-22-17-14(15(13)24-19)11(7-21-17)16(25)10-5-3-4-6-12(10)20/h3-8,24H,9H2,1-2H3,(H,21,22)(H,23,26)/t19-/m0/s1/i1D3,2D3. The number of ketones is 1. The lowest BCUT2D eigenvalue weighted by molar-refractivity contribution is -0.121. The highest BCUT2D eigenvalue weighted by molar-refractivity contribution is 6.35. The lowest BCUT2D eigenvalue weighted by Gasteiger charge is -2.35. The molecule has 0 radical (unpaired) electrons. The molecule has 2 aromatic heterocycles. The van der Waals surface area contributed by atoms with Crippen molar-refractivity contribution in [2.45, 2.75) is 12.4 Å². The van der Waals surface area contributed by atoms with E-state index in [-0.39, 0.29) is 38.6 Å². The normalized spacial score (nSPS) is 22.9. The van der Waals surface area contributed by atoms with Crippen molar-refractivity contribution in [2.24, 2.45) is 0 Å². The molecule has 1 amide bonds. The zero-order chi connectivity index (χ0) is 24.2. The van der Waals surface area contributed by atoms with Crippen LogP contribution in [0.2, 0.25) is 5.02 Å². The third-order valence-corrected chi connectivity index (χ3v) is 4.66. The Bertz CT molecular complexity index is 1270. The first-order chi connectivity index (χ1) is 15.3. The Morgan fingerprint density at radius 1 is 1.37 bits per heavy atom. The van der Waals surface area contributed by atoms with Gasteiger partial charge in [-0.1, -0.05) is 23.7 Å². The zero-order valence-corrected chi connectivity index (χ0v) is 14.5. The summed E-state index contributed by atoms with van der Waals surface area (Å²) in [5, 5.41) is 5.55. The molecule has 0 bridgehead atoms. The molecule has 0 aliphatic carbocycles. The number of amides is 1. The molecule has 3 N–H and O–H groups in total. The summed E-state index contributed by atoms with van der Waals surface area (Å²) in [7, 11) is -2.94. The second-order valence-corrected chi connectivity index (χ2v) is 6.46. The van der Waals surface area contributed by atoms with Crippen molar-refractivity contribution in [2.75, 3.05) is 24.3 Å². The largest absolute Gasteiger partial charge is 0.382 e. The van der Waals surface area contributed by atoms with E-state index < -0.39 is 37.7 Å². The van der Waals surface area contributed by atoms with E-state index in [2.05, 4.69) is 20.6 Å². The minimum Gasteiger partial charge on any atom is -0.382 e. The van der Waals surface area contributed by atoms with E-state index in [0.29, 0.717) is 0 Å². The summed E-state index contributed by atoms with van der Waals surface area (Å²) in [5.41, 5.74) is -1.66. The molecule has 1 aromatic carbocycles. The molecule has 3 aromatic rings. The third kappa shape index (κ3) is 2.75. The van der Waals surface area contributed by atoms with Gasteiger partial charge in [0.2, 0.25) is 0 Å². The van der Waals surface area contributed by atoms with E-state index in [9.17, 15) is 9.59 Å². The van der Waals surface area contributed by atoms with Gasteiger partial charge in [-0.25, -0.2) is 4.98 Å². The lowest BCUT2D eigenvalue weighted by atomic mass is 9.96. The monoisotopic (exact) mass is 390 g/mol. The Morgan fingerprint density at radius 2 is 2.22 bits per heavy atom. The highest BCUT2D eigenvalue weighted by atomic mass is 35.5. The first-order valence-corrected chi connectivity index (χ1v) is 8.25. The SMILES string of the molecule is [2H]C([2H])([2H])OC[C@]1(C([2H])([2H])[2H])Nc2c(cnc3[nH]cc(C(=O)c4ccccc4Cl)c23)NC1=O. The van der Waals surface area contributed by atoms with Crippen LogP contribution >= 0.6 is 11.6 Å². The van der Waals surface area contributed by atoms with Crippen molar-refractivity contribution in [3.05, 3.63) is 52.8 Å². The number of nitrogens with one attached hydrogen (secondary N) is 3. The fourth-order valence-corrected chi connectivity index (χ4v) is 3.22. The number of methoxy groups -OCH3 is 1. The quantitative estimate of drug-likeness (QED) is 0.594. The van der Waals surface area contributed by atoms with Crippen LogP contribution in [0, 0.1) is 0 Å². The Labute approximate surface area is 168 Å². The predicted octanol–water partition coefficient (Wildman–Crippen LogP) is 3.22. The van der Waals surface area contributed by atoms with Crippen molar-refractivity contribution in [1.82, 2.24) is 9.97 Å². The molecular formula is C19H17ClN4O3. The average Bonchev–Trinajstić information content (AvgIpc) is 3.15. The smallest absolute Gasteiger partial charge is 0.252 e. The number of pyridine rings is 1. The highest BCUT2D eigenvalue weighted by Crippen LogP contribution is 2.38. The van der Waals surface area contributed by atoms with Crippen LogP contribution in [0.4, 0.5) is 11.4 Å². The van der Waals surface area contributed by atoms with Crippen LogP contribution < -0.4 is 10.6 Å². The van der Waals surface area contributed by atoms with Crippen molar-refractivity contribution in [3.8, 4) is 0 Å². The number of hydrogen-bond donors (Lipinski definition) is 3. The maximum absolute atomic E-state index is 13.3. The molecular weight excluding hydrogens is 368 g/mol. The maximum Gasteiger partial charge on any atom is 0.252 e. The van der Waals surface area contributed by atoms with Crippen LogP contribution in [0.25, 0.3) is 11.0 Å². The topological polar surface area (TPSA) is 96.1 Å². The number of ether oxygens (including phenoxy) is 1. The van der Waals surface area contributed by atoms with Gasteiger partial charge in [-0.3, -0.25) is 9.59 Å². The van der Waals surface area contributed by atoms with Gasteiger partial charge in [0.05, 0.1) is 44.3 Å². The van der Waals surface area contributed by atoms with Gasteiger partial charge in [0.25, 0.3) is 5.91 Å². The number of hydrogen-bond acceptors (Lipinski definition) is 5. The number of nitrogens with zero attached hydrogens (tertiary/aromatic N) is 1. The third-order valence-electron chi connectivity index (χ3n) is 4.33. The van der Waals surface area contributed by atoms with Crippen LogP contribution in [0.1, 0.15) is 31.0 Å². The number of rotatable bonds is 4. The summed E-state index contributed by atoms with van der Waals surface area (Å²) >= 11 is 6.18. The molecule has 7 nitrogen and oxygen atoms in total. The van der Waals surface area contributed by atoms with Gasteiger partial charge in [0.15, 0.2) is 5.78 Å². The van der Waals surface area contributed by atoms with E-state index in [0.717, 1.165) is 0 Å². The number of benzene rings is 1. The van der Waals surface area contributed by atoms with Gasteiger partial charge in [-0.2, -0.15) is 0 Å². The second-order valence-electron chi connectivity index (χ2n) is 6.05. The molecule has 8 heteroatoms. The molecule has 1 atom stereocenters. The van der Waals surface area contributed by atoms with Crippen LogP contribution in [0.15, 0.2) is 36.7 Å². The molecule has 1 aliphatic heterocycles. The van der Waals surface area contributed by atoms with Gasteiger partial charge in [-0.05, 0) is 19.0 Å². The Balaban J connectivity index is 1.88. The van der Waals surface area contributed by atoms with E-state index >= 15 is 0 Å². The minimum absolute atomic E-state index is 0.0847. The highest BCUT2D eigenvalue weighted by Gasteiger charge is 2.39. The maximum atomic E-state index is 13.3. The van der Waals surface area contributed by atoms with E-state index in [1.165, 1.54) is 12.4 Å². The van der Waals surface area contributed by atoms with E-state index in [4.69, 9.17) is 24.6 Å². The molecule has 1 aliphatic rings. The molecule has 3 heterocycles. The number of fused-ring (bicyclic) bond motifs is 3. The summed E-state index contributed by atoms with van der Waals surface area (Å²) in [5.74, 6) is -1.48. The van der Waals surface area contributed by atoms with Gasteiger partial charge >= 0.3 is 0 Å². The van der Waals surface area contributed by atoms with Crippen molar-refractivity contribution in [3.63, 3.8) is 0 Å². The number of carbonyl (C=O) groups is 2. The number of halogens is 1. The van der Waals surface area contributed by atoms with E-state index in [1.54, 1.807) is 24.3 Å². The number of carbonyl (C=O) groups excluding carboxylic acids is 2. The number of H-pyrrole nitrogens is 1. The van der Waals surface area contributed by atoms with Crippen LogP contribution in [0.5, 0.6) is 0 Å². The fraction of sp³-hybridized carbons (Fsp3) is 0.211. The van der Waals surface area contributed by atoms with Gasteiger partial charge in [-0.15, -0.1) is 0 Å². The Morgan fingerprint density at radius 3 is 3.00 bits per heavy atom. The van der Waals surface area contributed by atoms with Crippen molar-refractivity contribution >= 4 is 45.7 Å². The molecule has 0 spiro atoms. The van der Waals surface area contributed by atoms with Crippen LogP contribution in [-0.2, 0) is 9.53 Å². The molecule has 0 fully saturated rings. The fourth-order valence-electron chi connectivity index (χ4n) is 3.00. The number of aromatic amines is 1. The Kier molecular flexibility index (Phi) is 2.77. The number of anilines is 2.